The second-order valence-corrected chi connectivity index (χ2v) is 4.62. The van der Waals surface area contributed by atoms with Crippen molar-refractivity contribution in [3.05, 3.63) is 57.6 Å². The zero-order chi connectivity index (χ0) is 12.3. The Bertz CT molecular complexity index is 529. The Morgan fingerprint density at radius 1 is 1.12 bits per heavy atom. The molecule has 0 aliphatic heterocycles. The highest BCUT2D eigenvalue weighted by atomic mass is 35.5. The maximum atomic E-state index is 6.09. The average molecular weight is 288 g/mol. The molecule has 17 heavy (non-hydrogen) atoms. The van der Waals surface area contributed by atoms with Gasteiger partial charge in [-0.2, -0.15) is 0 Å². The molecule has 1 aromatic carbocycles. The first-order valence-corrected chi connectivity index (χ1v) is 6.29. The molecule has 5 heteroatoms. The van der Waals surface area contributed by atoms with Gasteiger partial charge < -0.3 is 0 Å². The van der Waals surface area contributed by atoms with Gasteiger partial charge in [-0.15, -0.1) is 11.6 Å². The first-order valence-electron chi connectivity index (χ1n) is 4.99. The van der Waals surface area contributed by atoms with Crippen LogP contribution in [0.25, 0.3) is 0 Å². The van der Waals surface area contributed by atoms with Crippen molar-refractivity contribution in [3.63, 3.8) is 0 Å². The van der Waals surface area contributed by atoms with Gasteiger partial charge >= 0.3 is 0 Å². The monoisotopic (exact) mass is 286 g/mol. The summed E-state index contributed by atoms with van der Waals surface area (Å²) < 4.78 is 0. The Balaban J connectivity index is 2.25. The quantitative estimate of drug-likeness (QED) is 0.794. The molecule has 2 nitrogen and oxygen atoms in total. The van der Waals surface area contributed by atoms with Crippen LogP contribution in [0.1, 0.15) is 17.1 Å². The number of rotatable bonds is 3. The van der Waals surface area contributed by atoms with Crippen molar-refractivity contribution < 1.29 is 0 Å². The Labute approximate surface area is 115 Å². The number of nitrogens with zero attached hydrogens (tertiary/aromatic N) is 2. The Morgan fingerprint density at radius 3 is 2.65 bits per heavy atom. The minimum absolute atomic E-state index is 0.379. The summed E-state index contributed by atoms with van der Waals surface area (Å²) in [6, 6.07) is 7.18. The summed E-state index contributed by atoms with van der Waals surface area (Å²) in [7, 11) is 0. The molecule has 0 spiro atoms. The highest BCUT2D eigenvalue weighted by Gasteiger charge is 2.05. The van der Waals surface area contributed by atoms with Crippen LogP contribution in [0.4, 0.5) is 0 Å². The van der Waals surface area contributed by atoms with Gasteiger partial charge in [-0.25, -0.2) is 9.97 Å². The van der Waals surface area contributed by atoms with Crippen LogP contribution in [0.3, 0.4) is 0 Å². The standard InChI is InChI=1S/C12H9Cl3N2/c13-7-10-3-4-16-12(17-10)5-8-1-2-9(14)6-11(8)15/h1-4,6H,5,7H2. The number of benzene rings is 1. The van der Waals surface area contributed by atoms with Crippen LogP contribution in [0, 0.1) is 0 Å². The highest BCUT2D eigenvalue weighted by Crippen LogP contribution is 2.22. The Kier molecular flexibility index (Phi) is 4.21. The predicted molar refractivity (Wildman–Crippen MR) is 70.9 cm³/mol. The molecule has 0 aliphatic rings. The second-order valence-electron chi connectivity index (χ2n) is 3.51. The smallest absolute Gasteiger partial charge is 0.133 e. The molecular weight excluding hydrogens is 279 g/mol. The second kappa shape index (κ2) is 5.67. The number of halogens is 3. The van der Waals surface area contributed by atoms with Crippen LogP contribution in [-0.4, -0.2) is 9.97 Å². The maximum Gasteiger partial charge on any atom is 0.133 e. The molecule has 0 amide bonds. The topological polar surface area (TPSA) is 25.8 Å². The fourth-order valence-electron chi connectivity index (χ4n) is 1.44. The van der Waals surface area contributed by atoms with Gasteiger partial charge in [0.1, 0.15) is 5.82 Å². The summed E-state index contributed by atoms with van der Waals surface area (Å²) in [4.78, 5) is 8.50. The molecule has 88 valence electrons. The van der Waals surface area contributed by atoms with E-state index >= 15 is 0 Å². The number of hydrogen-bond donors (Lipinski definition) is 0. The molecule has 2 rings (SSSR count). The number of hydrogen-bond acceptors (Lipinski definition) is 2. The van der Waals surface area contributed by atoms with Crippen LogP contribution in [0.5, 0.6) is 0 Å². The Morgan fingerprint density at radius 2 is 1.94 bits per heavy atom. The summed E-state index contributed by atoms with van der Waals surface area (Å²) in [5, 5.41) is 1.24. The summed E-state index contributed by atoms with van der Waals surface area (Å²) in [5.74, 6) is 1.08. The molecule has 1 heterocycles. The van der Waals surface area contributed by atoms with Crippen LogP contribution >= 0.6 is 34.8 Å². The molecule has 0 fully saturated rings. The SMILES string of the molecule is ClCc1ccnc(Cc2ccc(Cl)cc2Cl)n1. The van der Waals surface area contributed by atoms with E-state index in [-0.39, 0.29) is 0 Å². The van der Waals surface area contributed by atoms with E-state index in [0.717, 1.165) is 11.3 Å². The van der Waals surface area contributed by atoms with E-state index in [1.54, 1.807) is 24.4 Å². The van der Waals surface area contributed by atoms with E-state index in [4.69, 9.17) is 34.8 Å². The van der Waals surface area contributed by atoms with Gasteiger partial charge in [0.05, 0.1) is 11.6 Å². The van der Waals surface area contributed by atoms with E-state index in [1.807, 2.05) is 6.07 Å². The summed E-state index contributed by atoms with van der Waals surface area (Å²) in [6.07, 6.45) is 2.27. The molecular formula is C12H9Cl3N2. The number of alkyl halides is 1. The largest absolute Gasteiger partial charge is 0.241 e. The minimum atomic E-state index is 0.379. The zero-order valence-electron chi connectivity index (χ0n) is 8.83. The first kappa shape index (κ1) is 12.6. The van der Waals surface area contributed by atoms with E-state index in [1.165, 1.54) is 0 Å². The molecule has 0 saturated heterocycles. The third-order valence-electron chi connectivity index (χ3n) is 2.26. The molecule has 0 bridgehead atoms. The fraction of sp³-hybridized carbons (Fsp3) is 0.167. The van der Waals surface area contributed by atoms with Crippen molar-refractivity contribution in [1.82, 2.24) is 9.97 Å². The average Bonchev–Trinajstić information content (AvgIpc) is 2.33. The lowest BCUT2D eigenvalue weighted by Crippen LogP contribution is -1.99. The van der Waals surface area contributed by atoms with Crippen molar-refractivity contribution in [2.24, 2.45) is 0 Å². The predicted octanol–water partition coefficient (Wildman–Crippen LogP) is 4.11. The van der Waals surface area contributed by atoms with Crippen LogP contribution < -0.4 is 0 Å². The summed E-state index contributed by atoms with van der Waals surface area (Å²) >= 11 is 17.6. The van der Waals surface area contributed by atoms with E-state index < -0.39 is 0 Å². The normalized spacial score (nSPS) is 10.5. The van der Waals surface area contributed by atoms with Crippen LogP contribution in [-0.2, 0) is 12.3 Å². The van der Waals surface area contributed by atoms with E-state index in [9.17, 15) is 0 Å². The lowest BCUT2D eigenvalue weighted by Gasteiger charge is -2.04. The van der Waals surface area contributed by atoms with Crippen molar-refractivity contribution in [2.45, 2.75) is 12.3 Å². The van der Waals surface area contributed by atoms with Crippen molar-refractivity contribution in [1.29, 1.82) is 0 Å². The minimum Gasteiger partial charge on any atom is -0.241 e. The van der Waals surface area contributed by atoms with Gasteiger partial charge in [0, 0.05) is 22.7 Å². The molecule has 0 saturated carbocycles. The summed E-state index contributed by atoms with van der Waals surface area (Å²) in [5.41, 5.74) is 1.75. The van der Waals surface area contributed by atoms with Crippen LogP contribution in [0.2, 0.25) is 10.0 Å². The summed E-state index contributed by atoms with van der Waals surface area (Å²) in [6.45, 7) is 0. The van der Waals surface area contributed by atoms with Crippen LogP contribution in [0.15, 0.2) is 30.5 Å². The molecule has 0 radical (unpaired) electrons. The lowest BCUT2D eigenvalue weighted by molar-refractivity contribution is 0.936. The lowest BCUT2D eigenvalue weighted by atomic mass is 10.1. The van der Waals surface area contributed by atoms with Gasteiger partial charge in [0.25, 0.3) is 0 Å². The van der Waals surface area contributed by atoms with Gasteiger partial charge in [0.2, 0.25) is 0 Å². The van der Waals surface area contributed by atoms with Gasteiger partial charge in [-0.3, -0.25) is 0 Å². The van der Waals surface area contributed by atoms with Gasteiger partial charge in [0.15, 0.2) is 0 Å². The third kappa shape index (κ3) is 3.32. The molecule has 0 aliphatic carbocycles. The molecule has 0 atom stereocenters. The molecule has 1 aromatic heterocycles. The Hall–Kier alpha value is -0.830. The molecule has 0 unspecified atom stereocenters. The molecule has 0 N–H and O–H groups in total. The zero-order valence-corrected chi connectivity index (χ0v) is 11.1. The molecule has 2 aromatic rings. The number of aromatic nitrogens is 2. The van der Waals surface area contributed by atoms with E-state index in [2.05, 4.69) is 9.97 Å². The van der Waals surface area contributed by atoms with Crippen molar-refractivity contribution in [2.75, 3.05) is 0 Å². The van der Waals surface area contributed by atoms with E-state index in [0.29, 0.717) is 28.2 Å². The van der Waals surface area contributed by atoms with Crippen molar-refractivity contribution >= 4 is 34.8 Å². The van der Waals surface area contributed by atoms with Gasteiger partial charge in [-0.1, -0.05) is 29.3 Å². The van der Waals surface area contributed by atoms with Crippen molar-refractivity contribution in [3.8, 4) is 0 Å². The van der Waals surface area contributed by atoms with Gasteiger partial charge in [-0.05, 0) is 23.8 Å². The fourth-order valence-corrected chi connectivity index (χ4v) is 2.06. The maximum absolute atomic E-state index is 6.09. The first-order chi connectivity index (χ1) is 8.19. The highest BCUT2D eigenvalue weighted by molar-refractivity contribution is 6.35. The third-order valence-corrected chi connectivity index (χ3v) is 3.12.